The van der Waals surface area contributed by atoms with Gasteiger partial charge < -0.3 is 9.13 Å². The van der Waals surface area contributed by atoms with Crippen LogP contribution in [-0.4, -0.2) is 9.13 Å². The van der Waals surface area contributed by atoms with Gasteiger partial charge in [0, 0.05) is 38.4 Å². The van der Waals surface area contributed by atoms with E-state index in [2.05, 4.69) is 183 Å². The molecule has 342 valence electrons. The summed E-state index contributed by atoms with van der Waals surface area (Å²) in [6, 6.07) is 46.1. The van der Waals surface area contributed by atoms with Gasteiger partial charge >= 0.3 is 6.18 Å². The van der Waals surface area contributed by atoms with E-state index in [0.29, 0.717) is 27.8 Å². The standard InChI is InChI=1S/C61H57F3N4/c1-57(2,3)38-15-23-52-48(29-38)49-30-39(58(4,5)6)16-24-53(49)67(52)43-19-21-45(44-20-14-42(61(62,63)64)28-37(44)35-66)46(33-43)47-27-36(34-65)13-22-54(47)68-55-25-17-40(59(7,8)9)31-50(55)51-32-41(60(10,11)12)18-26-56(51)68/h13-33H,1-12H3. The highest BCUT2D eigenvalue weighted by Gasteiger charge is 2.32. The zero-order valence-electron chi connectivity index (χ0n) is 41.0. The monoisotopic (exact) mass is 902 g/mol. The van der Waals surface area contributed by atoms with Crippen molar-refractivity contribution in [3.63, 3.8) is 0 Å². The van der Waals surface area contributed by atoms with E-state index < -0.39 is 11.7 Å². The van der Waals surface area contributed by atoms with Crippen LogP contribution in [0.5, 0.6) is 0 Å². The predicted octanol–water partition coefficient (Wildman–Crippen LogP) is 17.2. The van der Waals surface area contributed by atoms with E-state index in [1.165, 1.54) is 28.3 Å². The molecule has 68 heavy (non-hydrogen) atoms. The van der Waals surface area contributed by atoms with Crippen LogP contribution in [0.15, 0.2) is 127 Å². The molecule has 0 radical (unpaired) electrons. The largest absolute Gasteiger partial charge is 0.416 e. The first kappa shape index (κ1) is 46.0. The van der Waals surface area contributed by atoms with Crippen LogP contribution in [-0.2, 0) is 27.8 Å². The topological polar surface area (TPSA) is 57.4 Å². The number of nitrogens with zero attached hydrogens (tertiary/aromatic N) is 4. The van der Waals surface area contributed by atoms with E-state index in [9.17, 15) is 23.7 Å². The van der Waals surface area contributed by atoms with Crippen LogP contribution in [0.4, 0.5) is 13.2 Å². The summed E-state index contributed by atoms with van der Waals surface area (Å²) in [7, 11) is 0. The normalized spacial score (nSPS) is 12.9. The fourth-order valence-electron chi connectivity index (χ4n) is 9.64. The highest BCUT2D eigenvalue weighted by atomic mass is 19.4. The van der Waals surface area contributed by atoms with Crippen LogP contribution >= 0.6 is 0 Å². The molecule has 0 fully saturated rings. The van der Waals surface area contributed by atoms with Gasteiger partial charge in [-0.2, -0.15) is 23.7 Å². The second-order valence-electron chi connectivity index (χ2n) is 22.5. The van der Waals surface area contributed by atoms with Crippen molar-refractivity contribution in [1.82, 2.24) is 9.13 Å². The van der Waals surface area contributed by atoms with Crippen molar-refractivity contribution in [2.45, 2.75) is 111 Å². The van der Waals surface area contributed by atoms with Crippen LogP contribution < -0.4 is 0 Å². The maximum absolute atomic E-state index is 14.2. The van der Waals surface area contributed by atoms with Gasteiger partial charge in [0.05, 0.1) is 56.6 Å². The van der Waals surface area contributed by atoms with Crippen molar-refractivity contribution >= 4 is 43.6 Å². The molecule has 9 aromatic rings. The summed E-state index contributed by atoms with van der Waals surface area (Å²) in [5.74, 6) is 0. The molecule has 0 spiro atoms. The summed E-state index contributed by atoms with van der Waals surface area (Å²) in [4.78, 5) is 0. The van der Waals surface area contributed by atoms with Crippen LogP contribution in [0.3, 0.4) is 0 Å². The lowest BCUT2D eigenvalue weighted by Crippen LogP contribution is -2.10. The van der Waals surface area contributed by atoms with E-state index >= 15 is 0 Å². The van der Waals surface area contributed by atoms with E-state index in [1.54, 1.807) is 0 Å². The summed E-state index contributed by atoms with van der Waals surface area (Å²) < 4.78 is 47.1. The number of benzene rings is 7. The van der Waals surface area contributed by atoms with Gasteiger partial charge in [-0.05, 0) is 146 Å². The van der Waals surface area contributed by atoms with Crippen molar-refractivity contribution in [3.8, 4) is 45.8 Å². The van der Waals surface area contributed by atoms with Gasteiger partial charge in [0.2, 0.25) is 0 Å². The summed E-state index contributed by atoms with van der Waals surface area (Å²) in [6.45, 7) is 26.6. The number of fused-ring (bicyclic) bond motifs is 6. The molecule has 0 amide bonds. The Morgan fingerprint density at radius 1 is 0.368 bits per heavy atom. The Hall–Kier alpha value is -7.09. The average Bonchev–Trinajstić information content (AvgIpc) is 3.78. The molecule has 0 bridgehead atoms. The number of hydrogen-bond donors (Lipinski definition) is 0. The van der Waals surface area contributed by atoms with E-state index in [-0.39, 0.29) is 27.2 Å². The van der Waals surface area contributed by atoms with E-state index in [4.69, 9.17) is 0 Å². The van der Waals surface area contributed by atoms with Crippen molar-refractivity contribution in [2.75, 3.05) is 0 Å². The fourth-order valence-corrected chi connectivity index (χ4v) is 9.64. The molecule has 0 saturated heterocycles. The average molecular weight is 903 g/mol. The van der Waals surface area contributed by atoms with Gasteiger partial charge in [0.25, 0.3) is 0 Å². The lowest BCUT2D eigenvalue weighted by atomic mass is 9.85. The molecule has 0 N–H and O–H groups in total. The Kier molecular flexibility index (Phi) is 10.7. The van der Waals surface area contributed by atoms with Crippen molar-refractivity contribution < 1.29 is 13.2 Å². The molecule has 2 heterocycles. The van der Waals surface area contributed by atoms with Crippen LogP contribution in [0.25, 0.3) is 77.2 Å². The lowest BCUT2D eigenvalue weighted by molar-refractivity contribution is -0.137. The molecule has 7 aromatic carbocycles. The van der Waals surface area contributed by atoms with Gasteiger partial charge in [-0.1, -0.05) is 119 Å². The molecule has 9 rings (SSSR count). The Bertz CT molecular complexity index is 3470. The summed E-state index contributed by atoms with van der Waals surface area (Å²) >= 11 is 0. The number of nitriles is 2. The number of rotatable bonds is 4. The van der Waals surface area contributed by atoms with E-state index in [0.717, 1.165) is 67.1 Å². The quantitative estimate of drug-likeness (QED) is 0.177. The zero-order valence-corrected chi connectivity index (χ0v) is 41.0. The fraction of sp³-hybridized carbons (Fsp3) is 0.279. The number of aromatic nitrogens is 2. The SMILES string of the molecule is CC(C)(C)c1ccc2c(c1)c1cc(C(C)(C)C)ccc1n2-c1ccc(-c2ccc(C(F)(F)F)cc2C#N)c(-c2cc(C#N)ccc2-n2c3ccc(C(C)(C)C)cc3c3cc(C(C)(C)C)ccc32)c1. The second-order valence-corrected chi connectivity index (χ2v) is 22.5. The molecule has 4 nitrogen and oxygen atoms in total. The third kappa shape index (κ3) is 7.92. The van der Waals surface area contributed by atoms with E-state index in [1.807, 2.05) is 30.3 Å². The minimum Gasteiger partial charge on any atom is -0.309 e. The van der Waals surface area contributed by atoms with Gasteiger partial charge in [0.1, 0.15) is 0 Å². The van der Waals surface area contributed by atoms with Crippen molar-refractivity contribution in [1.29, 1.82) is 10.5 Å². The highest BCUT2D eigenvalue weighted by Crippen LogP contribution is 2.46. The summed E-state index contributed by atoms with van der Waals surface area (Å²) in [6.07, 6.45) is -4.64. The molecular weight excluding hydrogens is 846 g/mol. The maximum Gasteiger partial charge on any atom is 0.416 e. The molecule has 7 heteroatoms. The second kappa shape index (κ2) is 15.7. The Labute approximate surface area is 397 Å². The van der Waals surface area contributed by atoms with Gasteiger partial charge in [-0.15, -0.1) is 0 Å². The van der Waals surface area contributed by atoms with Crippen LogP contribution in [0.2, 0.25) is 0 Å². The highest BCUT2D eigenvalue weighted by molar-refractivity contribution is 6.12. The predicted molar refractivity (Wildman–Crippen MR) is 275 cm³/mol. The minimum absolute atomic E-state index is 0.100. The van der Waals surface area contributed by atoms with Gasteiger partial charge in [-0.25, -0.2) is 0 Å². The first-order valence-electron chi connectivity index (χ1n) is 23.3. The molecular formula is C61H57F3N4. The molecule has 0 saturated carbocycles. The van der Waals surface area contributed by atoms with Gasteiger partial charge in [0.15, 0.2) is 0 Å². The Morgan fingerprint density at radius 3 is 1.18 bits per heavy atom. The molecule has 2 aromatic heterocycles. The van der Waals surface area contributed by atoms with Crippen molar-refractivity contribution in [3.05, 3.63) is 166 Å². The summed E-state index contributed by atoms with van der Waals surface area (Å²) in [5, 5.41) is 25.5. The minimum atomic E-state index is -4.64. The molecule has 0 unspecified atom stereocenters. The molecule has 0 aliphatic rings. The van der Waals surface area contributed by atoms with Crippen LogP contribution in [0, 0.1) is 22.7 Å². The van der Waals surface area contributed by atoms with Crippen LogP contribution in [0.1, 0.15) is 122 Å². The third-order valence-electron chi connectivity index (χ3n) is 13.7. The Morgan fingerprint density at radius 2 is 0.779 bits per heavy atom. The maximum atomic E-state index is 14.2. The molecule has 0 aliphatic heterocycles. The number of hydrogen-bond acceptors (Lipinski definition) is 2. The summed E-state index contributed by atoms with van der Waals surface area (Å²) in [5.41, 5.74) is 11.6. The van der Waals surface area contributed by atoms with Crippen molar-refractivity contribution in [2.24, 2.45) is 0 Å². The molecule has 0 aliphatic carbocycles. The Balaban J connectivity index is 1.42. The first-order chi connectivity index (χ1) is 31.8. The zero-order chi connectivity index (χ0) is 49.0. The third-order valence-corrected chi connectivity index (χ3v) is 13.7. The number of halogens is 3. The molecule has 0 atom stereocenters. The smallest absolute Gasteiger partial charge is 0.309 e. The lowest BCUT2D eigenvalue weighted by Gasteiger charge is -2.21. The number of alkyl halides is 3. The van der Waals surface area contributed by atoms with Gasteiger partial charge in [-0.3, -0.25) is 0 Å². The first-order valence-corrected chi connectivity index (χ1v) is 23.3.